The molecule has 0 amide bonds. The number of hydrogen-bond acceptors (Lipinski definition) is 4. The number of carbonyl (C=O) groups excluding carboxylic acids is 1. The fraction of sp³-hybridized carbons (Fsp3) is 0.750. The number of allylic oxidation sites excluding steroid dienone is 2. The predicted octanol–water partition coefficient (Wildman–Crippen LogP) is 6.39. The lowest BCUT2D eigenvalue weighted by Crippen LogP contribution is -2.44. The molecule has 0 aromatic carbocycles. The summed E-state index contributed by atoms with van der Waals surface area (Å²) in [4.78, 5) is 24.2. The van der Waals surface area contributed by atoms with Gasteiger partial charge >= 0.3 is 12.1 Å². The van der Waals surface area contributed by atoms with Crippen molar-refractivity contribution in [3.63, 3.8) is 0 Å². The van der Waals surface area contributed by atoms with Gasteiger partial charge in [-0.3, -0.25) is 4.79 Å². The van der Waals surface area contributed by atoms with E-state index in [0.717, 1.165) is 37.7 Å². The zero-order chi connectivity index (χ0) is 22.0. The van der Waals surface area contributed by atoms with Crippen molar-refractivity contribution in [1.29, 1.82) is 0 Å². The Morgan fingerprint density at radius 1 is 1.10 bits per heavy atom. The molecule has 1 aliphatic carbocycles. The van der Waals surface area contributed by atoms with E-state index >= 15 is 0 Å². The summed E-state index contributed by atoms with van der Waals surface area (Å²) in [7, 11) is 0. The smallest absolute Gasteiger partial charge is 0.481 e. The van der Waals surface area contributed by atoms with Crippen LogP contribution in [0.25, 0.3) is 0 Å². The third kappa shape index (κ3) is 7.20. The Morgan fingerprint density at radius 2 is 1.79 bits per heavy atom. The van der Waals surface area contributed by atoms with Gasteiger partial charge in [-0.05, 0) is 50.0 Å². The second-order valence-electron chi connectivity index (χ2n) is 8.94. The lowest BCUT2D eigenvalue weighted by molar-refractivity contribution is -0.145. The summed E-state index contributed by atoms with van der Waals surface area (Å²) in [5.41, 5.74) is 1.64. The van der Waals surface area contributed by atoms with Crippen molar-refractivity contribution in [1.82, 2.24) is 0 Å². The minimum atomic E-state index is -0.869. The average molecular weight is 409 g/mol. The van der Waals surface area contributed by atoms with Gasteiger partial charge in [-0.25, -0.2) is 4.79 Å². The Morgan fingerprint density at radius 3 is 2.31 bits per heavy atom. The number of carbonyl (C=O) groups is 2. The largest absolute Gasteiger partial charge is 0.508 e. The highest BCUT2D eigenvalue weighted by atomic mass is 16.7. The lowest BCUT2D eigenvalue weighted by Gasteiger charge is -2.44. The van der Waals surface area contributed by atoms with Crippen LogP contribution in [0.2, 0.25) is 0 Å². The summed E-state index contributed by atoms with van der Waals surface area (Å²) in [6.45, 7) is 12.7. The molecule has 0 spiro atoms. The zero-order valence-corrected chi connectivity index (χ0v) is 19.1. The van der Waals surface area contributed by atoms with Crippen LogP contribution in [0.3, 0.4) is 0 Å². The fourth-order valence-corrected chi connectivity index (χ4v) is 4.49. The quantitative estimate of drug-likeness (QED) is 0.379. The molecule has 0 radical (unpaired) electrons. The lowest BCUT2D eigenvalue weighted by atomic mass is 9.61. The molecule has 0 heterocycles. The molecule has 2 atom stereocenters. The Labute approximate surface area is 176 Å². The van der Waals surface area contributed by atoms with Gasteiger partial charge in [-0.2, -0.15) is 0 Å². The van der Waals surface area contributed by atoms with Gasteiger partial charge in [-0.15, -0.1) is 0 Å². The normalized spacial score (nSPS) is 21.7. The molecular formula is C24H40O5. The van der Waals surface area contributed by atoms with E-state index in [9.17, 15) is 14.7 Å². The van der Waals surface area contributed by atoms with E-state index < -0.39 is 23.5 Å². The van der Waals surface area contributed by atoms with E-state index in [-0.39, 0.29) is 19.1 Å². The van der Waals surface area contributed by atoms with Gasteiger partial charge in [0.15, 0.2) is 0 Å². The summed E-state index contributed by atoms with van der Waals surface area (Å²) < 4.78 is 10.5. The summed E-state index contributed by atoms with van der Waals surface area (Å²) in [5, 5.41) is 10.1. The number of rotatable bonds is 12. The molecule has 0 saturated heterocycles. The van der Waals surface area contributed by atoms with Crippen LogP contribution >= 0.6 is 0 Å². The Balaban J connectivity index is 3.42. The molecular weight excluding hydrogens is 368 g/mol. The summed E-state index contributed by atoms with van der Waals surface area (Å²) in [5.74, 6) is -0.729. The summed E-state index contributed by atoms with van der Waals surface area (Å²) in [6, 6.07) is 0. The van der Waals surface area contributed by atoms with Gasteiger partial charge < -0.3 is 14.6 Å². The number of aliphatic carboxylic acids is 1. The standard InChI is InChI=1S/C24H40O5/c1-7-10-19-13-14-21(22(25)26)24(15-18(5)6,16-29-23(27)28-8-2)20(19)12-9-11-17(3)4/h13-14,17-18,21H,7-12,15-16H2,1-6H3,(H,25,26). The van der Waals surface area contributed by atoms with Gasteiger partial charge in [0.05, 0.1) is 12.5 Å². The van der Waals surface area contributed by atoms with Crippen molar-refractivity contribution in [2.75, 3.05) is 13.2 Å². The maximum atomic E-state index is 12.3. The molecule has 0 fully saturated rings. The molecule has 0 aliphatic heterocycles. The Hall–Kier alpha value is -1.78. The molecule has 29 heavy (non-hydrogen) atoms. The van der Waals surface area contributed by atoms with Crippen LogP contribution in [0.5, 0.6) is 0 Å². The van der Waals surface area contributed by atoms with Gasteiger partial charge in [0.1, 0.15) is 6.61 Å². The highest BCUT2D eigenvalue weighted by Gasteiger charge is 2.48. The van der Waals surface area contributed by atoms with E-state index in [1.165, 1.54) is 5.57 Å². The first kappa shape index (κ1) is 25.3. The topological polar surface area (TPSA) is 72.8 Å². The second-order valence-corrected chi connectivity index (χ2v) is 8.94. The third-order valence-corrected chi connectivity index (χ3v) is 5.55. The Kier molecular flexibility index (Phi) is 10.5. The molecule has 1 rings (SSSR count). The van der Waals surface area contributed by atoms with Crippen LogP contribution in [0.15, 0.2) is 23.3 Å². The zero-order valence-electron chi connectivity index (χ0n) is 19.1. The molecule has 0 aromatic rings. The monoisotopic (exact) mass is 408 g/mol. The number of carboxylic acid groups (broad SMARTS) is 1. The first-order valence-corrected chi connectivity index (χ1v) is 11.1. The molecule has 5 nitrogen and oxygen atoms in total. The van der Waals surface area contributed by atoms with Crippen LogP contribution in [-0.2, 0) is 14.3 Å². The van der Waals surface area contributed by atoms with Gasteiger partial charge in [0.2, 0.25) is 0 Å². The molecule has 1 aliphatic rings. The number of ether oxygens (including phenoxy) is 2. The molecule has 0 aromatic heterocycles. The highest BCUT2D eigenvalue weighted by molar-refractivity contribution is 5.75. The van der Waals surface area contributed by atoms with Gasteiger partial charge in [-0.1, -0.05) is 65.2 Å². The van der Waals surface area contributed by atoms with Crippen molar-refractivity contribution in [3.05, 3.63) is 23.3 Å². The summed E-state index contributed by atoms with van der Waals surface area (Å²) >= 11 is 0. The third-order valence-electron chi connectivity index (χ3n) is 5.55. The predicted molar refractivity (Wildman–Crippen MR) is 116 cm³/mol. The SMILES string of the molecule is CCCC1=C(CCCC(C)C)C(COC(=O)OCC)(CC(C)C)C(C(=O)O)C=C1. The Bertz CT molecular complexity index is 602. The first-order valence-electron chi connectivity index (χ1n) is 11.1. The molecule has 5 heteroatoms. The van der Waals surface area contributed by atoms with Gasteiger partial charge in [0.25, 0.3) is 0 Å². The minimum Gasteiger partial charge on any atom is -0.481 e. The maximum absolute atomic E-state index is 12.3. The van der Waals surface area contributed by atoms with Crippen LogP contribution in [-0.4, -0.2) is 30.4 Å². The van der Waals surface area contributed by atoms with Crippen molar-refractivity contribution in [2.45, 2.75) is 80.1 Å². The molecule has 0 saturated carbocycles. The highest BCUT2D eigenvalue weighted by Crippen LogP contribution is 2.50. The minimum absolute atomic E-state index is 0.0372. The van der Waals surface area contributed by atoms with Crippen LogP contribution in [0.1, 0.15) is 80.1 Å². The van der Waals surface area contributed by atoms with Crippen LogP contribution in [0.4, 0.5) is 4.79 Å². The van der Waals surface area contributed by atoms with Crippen molar-refractivity contribution in [2.24, 2.45) is 23.2 Å². The fourth-order valence-electron chi connectivity index (χ4n) is 4.49. The van der Waals surface area contributed by atoms with E-state index in [4.69, 9.17) is 9.47 Å². The van der Waals surface area contributed by atoms with Crippen molar-refractivity contribution < 1.29 is 24.2 Å². The number of carboxylic acids is 1. The number of hydrogen-bond donors (Lipinski definition) is 1. The molecule has 0 bridgehead atoms. The molecule has 166 valence electrons. The van der Waals surface area contributed by atoms with Crippen LogP contribution in [0, 0.1) is 23.2 Å². The average Bonchev–Trinajstić information content (AvgIpc) is 2.61. The van der Waals surface area contributed by atoms with E-state index in [1.807, 2.05) is 6.08 Å². The van der Waals surface area contributed by atoms with Crippen molar-refractivity contribution >= 4 is 12.1 Å². The molecule has 1 N–H and O–H groups in total. The summed E-state index contributed by atoms with van der Waals surface area (Å²) in [6.07, 6.45) is 8.53. The molecule has 2 unspecified atom stereocenters. The van der Waals surface area contributed by atoms with Crippen molar-refractivity contribution in [3.8, 4) is 0 Å². The van der Waals surface area contributed by atoms with E-state index in [2.05, 4.69) is 34.6 Å². The van der Waals surface area contributed by atoms with E-state index in [0.29, 0.717) is 12.3 Å². The maximum Gasteiger partial charge on any atom is 0.508 e. The van der Waals surface area contributed by atoms with Gasteiger partial charge in [0, 0.05) is 5.41 Å². The van der Waals surface area contributed by atoms with Crippen LogP contribution < -0.4 is 0 Å². The van der Waals surface area contributed by atoms with E-state index in [1.54, 1.807) is 13.0 Å². The first-order chi connectivity index (χ1) is 13.7. The second kappa shape index (κ2) is 12.0.